The fraction of sp³-hybridized carbons (Fsp3) is 0.200. The molecule has 0 saturated heterocycles. The van der Waals surface area contributed by atoms with Crippen LogP contribution >= 0.6 is 0 Å². The van der Waals surface area contributed by atoms with Crippen LogP contribution in [0.5, 0.6) is 0 Å². The molecule has 1 amide bonds. The molecule has 0 heterocycles. The molecule has 0 fully saturated rings. The van der Waals surface area contributed by atoms with Gasteiger partial charge in [-0.3, -0.25) is 4.79 Å². The van der Waals surface area contributed by atoms with Gasteiger partial charge in [-0.2, -0.15) is 0 Å². The Morgan fingerprint density at radius 1 is 1.04 bits per heavy atom. The summed E-state index contributed by atoms with van der Waals surface area (Å²) in [6.07, 6.45) is 3.62. The molecule has 0 bridgehead atoms. The van der Waals surface area contributed by atoms with Gasteiger partial charge in [0.25, 0.3) is 0 Å². The summed E-state index contributed by atoms with van der Waals surface area (Å²) in [6, 6.07) is 17.4. The van der Waals surface area contributed by atoms with Crippen LogP contribution < -0.4 is 5.32 Å². The monoisotopic (exact) mass is 323 g/mol. The van der Waals surface area contributed by atoms with Crippen molar-refractivity contribution in [3.8, 4) is 11.1 Å². The standard InChI is InChI=1S/C20H21NO3/c1-3-18(20(23)24-2)21-19(22)14-11-15-9-12-17(13-10-15)16-7-5-4-6-8-16/h4-14,18H,3H2,1-2H3,(H,21,22)/b14-11+. The van der Waals surface area contributed by atoms with Gasteiger partial charge in [-0.05, 0) is 29.2 Å². The lowest BCUT2D eigenvalue weighted by molar-refractivity contribution is -0.144. The maximum Gasteiger partial charge on any atom is 0.328 e. The first kappa shape index (κ1) is 17.5. The lowest BCUT2D eigenvalue weighted by Crippen LogP contribution is -2.40. The molecule has 2 rings (SSSR count). The van der Waals surface area contributed by atoms with Crippen LogP contribution in [-0.2, 0) is 14.3 Å². The maximum absolute atomic E-state index is 11.9. The average molecular weight is 323 g/mol. The van der Waals surface area contributed by atoms with Crippen LogP contribution in [0, 0.1) is 0 Å². The van der Waals surface area contributed by atoms with Gasteiger partial charge in [0.2, 0.25) is 5.91 Å². The Morgan fingerprint density at radius 2 is 1.67 bits per heavy atom. The molecule has 2 aromatic rings. The summed E-state index contributed by atoms with van der Waals surface area (Å²) < 4.78 is 4.64. The summed E-state index contributed by atoms with van der Waals surface area (Å²) in [4.78, 5) is 23.4. The number of ether oxygens (including phenoxy) is 1. The number of amides is 1. The molecule has 1 N–H and O–H groups in total. The second-order valence-electron chi connectivity index (χ2n) is 5.31. The Balaban J connectivity index is 1.99. The highest BCUT2D eigenvalue weighted by Gasteiger charge is 2.17. The molecule has 0 aliphatic heterocycles. The zero-order valence-electron chi connectivity index (χ0n) is 13.9. The Morgan fingerprint density at radius 3 is 2.25 bits per heavy atom. The normalized spacial score (nSPS) is 11.9. The summed E-state index contributed by atoms with van der Waals surface area (Å²) >= 11 is 0. The van der Waals surface area contributed by atoms with E-state index in [1.54, 1.807) is 6.08 Å². The summed E-state index contributed by atoms with van der Waals surface area (Å²) in [6.45, 7) is 1.81. The van der Waals surface area contributed by atoms with Crippen molar-refractivity contribution in [1.29, 1.82) is 0 Å². The lowest BCUT2D eigenvalue weighted by atomic mass is 10.0. The fourth-order valence-corrected chi connectivity index (χ4v) is 2.28. The van der Waals surface area contributed by atoms with Gasteiger partial charge >= 0.3 is 5.97 Å². The summed E-state index contributed by atoms with van der Waals surface area (Å²) in [7, 11) is 1.31. The molecule has 2 aromatic carbocycles. The van der Waals surface area contributed by atoms with Crippen molar-refractivity contribution >= 4 is 18.0 Å². The number of carbonyl (C=O) groups excluding carboxylic acids is 2. The van der Waals surface area contributed by atoms with E-state index in [9.17, 15) is 9.59 Å². The van der Waals surface area contributed by atoms with E-state index in [0.29, 0.717) is 6.42 Å². The molecular weight excluding hydrogens is 302 g/mol. The number of carbonyl (C=O) groups is 2. The van der Waals surface area contributed by atoms with Crippen molar-refractivity contribution in [2.75, 3.05) is 7.11 Å². The van der Waals surface area contributed by atoms with Crippen LogP contribution in [0.25, 0.3) is 17.2 Å². The predicted octanol–water partition coefficient (Wildman–Crippen LogP) is 3.43. The van der Waals surface area contributed by atoms with E-state index in [2.05, 4.69) is 22.2 Å². The molecule has 0 saturated carbocycles. The van der Waals surface area contributed by atoms with Gasteiger partial charge in [-0.1, -0.05) is 61.5 Å². The van der Waals surface area contributed by atoms with Crippen LogP contribution in [0.1, 0.15) is 18.9 Å². The lowest BCUT2D eigenvalue weighted by Gasteiger charge is -2.12. The van der Waals surface area contributed by atoms with E-state index in [-0.39, 0.29) is 5.91 Å². The topological polar surface area (TPSA) is 55.4 Å². The van der Waals surface area contributed by atoms with Crippen molar-refractivity contribution in [3.63, 3.8) is 0 Å². The van der Waals surface area contributed by atoms with Crippen LogP contribution in [0.4, 0.5) is 0 Å². The minimum absolute atomic E-state index is 0.320. The van der Waals surface area contributed by atoms with Crippen molar-refractivity contribution in [2.45, 2.75) is 19.4 Å². The quantitative estimate of drug-likeness (QED) is 0.654. The van der Waals surface area contributed by atoms with Gasteiger partial charge in [0, 0.05) is 6.08 Å². The Bertz CT molecular complexity index is 705. The molecule has 24 heavy (non-hydrogen) atoms. The van der Waals surface area contributed by atoms with E-state index < -0.39 is 12.0 Å². The SMILES string of the molecule is CCC(NC(=O)/C=C/c1ccc(-c2ccccc2)cc1)C(=O)OC. The van der Waals surface area contributed by atoms with E-state index in [1.165, 1.54) is 13.2 Å². The number of benzene rings is 2. The number of nitrogens with one attached hydrogen (secondary N) is 1. The molecule has 4 nitrogen and oxygen atoms in total. The molecular formula is C20H21NO3. The number of hydrogen-bond donors (Lipinski definition) is 1. The summed E-state index contributed by atoms with van der Waals surface area (Å²) in [5.74, 6) is -0.758. The number of hydrogen-bond acceptors (Lipinski definition) is 3. The van der Waals surface area contributed by atoms with Gasteiger partial charge in [0.15, 0.2) is 0 Å². The van der Waals surface area contributed by atoms with Crippen LogP contribution in [0.2, 0.25) is 0 Å². The molecule has 0 radical (unpaired) electrons. The zero-order valence-corrected chi connectivity index (χ0v) is 13.9. The van der Waals surface area contributed by atoms with Crippen molar-refractivity contribution in [3.05, 3.63) is 66.2 Å². The van der Waals surface area contributed by atoms with Gasteiger partial charge in [0.05, 0.1) is 7.11 Å². The highest BCUT2D eigenvalue weighted by atomic mass is 16.5. The molecule has 0 spiro atoms. The second-order valence-corrected chi connectivity index (χ2v) is 5.31. The third-order valence-corrected chi connectivity index (χ3v) is 3.66. The largest absolute Gasteiger partial charge is 0.467 e. The first-order chi connectivity index (χ1) is 11.6. The highest BCUT2D eigenvalue weighted by molar-refractivity contribution is 5.94. The fourth-order valence-electron chi connectivity index (χ4n) is 2.28. The smallest absolute Gasteiger partial charge is 0.328 e. The Labute approximate surface area is 142 Å². The van der Waals surface area contributed by atoms with Gasteiger partial charge in [-0.15, -0.1) is 0 Å². The summed E-state index contributed by atoms with van der Waals surface area (Å²) in [5.41, 5.74) is 3.18. The highest BCUT2D eigenvalue weighted by Crippen LogP contribution is 2.19. The number of methoxy groups -OCH3 is 1. The van der Waals surface area contributed by atoms with Crippen LogP contribution in [-0.4, -0.2) is 25.0 Å². The van der Waals surface area contributed by atoms with Gasteiger partial charge in [-0.25, -0.2) is 4.79 Å². The van der Waals surface area contributed by atoms with E-state index in [0.717, 1.165) is 16.7 Å². The van der Waals surface area contributed by atoms with Gasteiger partial charge in [0.1, 0.15) is 6.04 Å². The summed E-state index contributed by atoms with van der Waals surface area (Å²) in [5, 5.41) is 2.62. The Hall–Kier alpha value is -2.88. The molecule has 0 aliphatic rings. The second kappa shape index (κ2) is 8.67. The minimum Gasteiger partial charge on any atom is -0.467 e. The Kier molecular flexibility index (Phi) is 6.32. The van der Waals surface area contributed by atoms with E-state index in [1.807, 2.05) is 49.4 Å². The molecule has 1 unspecified atom stereocenters. The van der Waals surface area contributed by atoms with Gasteiger partial charge < -0.3 is 10.1 Å². The third-order valence-electron chi connectivity index (χ3n) is 3.66. The average Bonchev–Trinajstić information content (AvgIpc) is 2.65. The van der Waals surface area contributed by atoms with Crippen molar-refractivity contribution in [2.24, 2.45) is 0 Å². The molecule has 124 valence electrons. The first-order valence-corrected chi connectivity index (χ1v) is 7.86. The third kappa shape index (κ3) is 4.81. The molecule has 1 atom stereocenters. The molecule has 0 aliphatic carbocycles. The van der Waals surface area contributed by atoms with Crippen molar-refractivity contribution < 1.29 is 14.3 Å². The first-order valence-electron chi connectivity index (χ1n) is 7.86. The van der Waals surface area contributed by atoms with Crippen molar-refractivity contribution in [1.82, 2.24) is 5.32 Å². The van der Waals surface area contributed by atoms with E-state index >= 15 is 0 Å². The van der Waals surface area contributed by atoms with Crippen LogP contribution in [0.3, 0.4) is 0 Å². The minimum atomic E-state index is -0.618. The maximum atomic E-state index is 11.9. The molecule has 4 heteroatoms. The van der Waals surface area contributed by atoms with Crippen LogP contribution in [0.15, 0.2) is 60.7 Å². The zero-order chi connectivity index (χ0) is 17.4. The number of rotatable bonds is 6. The van der Waals surface area contributed by atoms with E-state index in [4.69, 9.17) is 0 Å². The predicted molar refractivity (Wildman–Crippen MR) is 95.1 cm³/mol. The molecule has 0 aromatic heterocycles. The number of esters is 1.